The summed E-state index contributed by atoms with van der Waals surface area (Å²) >= 11 is 0. The van der Waals surface area contributed by atoms with Gasteiger partial charge in [-0.1, -0.05) is 37.3 Å². The predicted octanol–water partition coefficient (Wildman–Crippen LogP) is 2.66. The van der Waals surface area contributed by atoms with Crippen molar-refractivity contribution in [3.05, 3.63) is 47.7 Å². The predicted molar refractivity (Wildman–Crippen MR) is 79.0 cm³/mol. The van der Waals surface area contributed by atoms with Gasteiger partial charge >= 0.3 is 0 Å². The molecule has 3 unspecified atom stereocenters. The van der Waals surface area contributed by atoms with E-state index in [1.807, 2.05) is 18.2 Å². The second-order valence-electron chi connectivity index (χ2n) is 5.46. The van der Waals surface area contributed by atoms with E-state index in [0.717, 1.165) is 18.5 Å². The summed E-state index contributed by atoms with van der Waals surface area (Å²) in [5.74, 6) is 1.53. The van der Waals surface area contributed by atoms with Gasteiger partial charge in [-0.05, 0) is 25.5 Å². The zero-order valence-electron chi connectivity index (χ0n) is 12.5. The summed E-state index contributed by atoms with van der Waals surface area (Å²) in [6.45, 7) is 5.64. The molecule has 5 heteroatoms. The second kappa shape index (κ2) is 6.37. The fourth-order valence-electron chi connectivity index (χ4n) is 2.71. The zero-order chi connectivity index (χ0) is 14.7. The molecule has 0 spiro atoms. The first-order chi connectivity index (χ1) is 10.3. The molecule has 1 aromatic carbocycles. The fourth-order valence-corrected chi connectivity index (χ4v) is 2.71. The van der Waals surface area contributed by atoms with Crippen molar-refractivity contribution >= 4 is 0 Å². The maximum Gasteiger partial charge on any atom is 0.237 e. The van der Waals surface area contributed by atoms with Gasteiger partial charge in [-0.25, -0.2) is 0 Å². The minimum absolute atomic E-state index is 0.0582. The molecule has 2 heterocycles. The number of hydrogen-bond acceptors (Lipinski definition) is 5. The van der Waals surface area contributed by atoms with Crippen LogP contribution in [0.1, 0.15) is 49.6 Å². The van der Waals surface area contributed by atoms with Crippen LogP contribution in [0.15, 0.2) is 34.7 Å². The van der Waals surface area contributed by atoms with Gasteiger partial charge in [0.25, 0.3) is 0 Å². The molecule has 21 heavy (non-hydrogen) atoms. The van der Waals surface area contributed by atoms with Crippen molar-refractivity contribution in [2.24, 2.45) is 0 Å². The quantitative estimate of drug-likeness (QED) is 0.916. The highest BCUT2D eigenvalue weighted by Crippen LogP contribution is 2.30. The smallest absolute Gasteiger partial charge is 0.237 e. The molecule has 1 fully saturated rings. The van der Waals surface area contributed by atoms with Crippen LogP contribution in [0.25, 0.3) is 0 Å². The third kappa shape index (κ3) is 3.14. The number of ether oxygens (including phenoxy) is 1. The summed E-state index contributed by atoms with van der Waals surface area (Å²) in [6.07, 6.45) is 1.21. The highest BCUT2D eigenvalue weighted by molar-refractivity contribution is 5.23. The Labute approximate surface area is 124 Å². The van der Waals surface area contributed by atoms with E-state index in [2.05, 4.69) is 41.5 Å². The topological polar surface area (TPSA) is 60.2 Å². The normalized spacial score (nSPS) is 23.3. The Hall–Kier alpha value is -1.72. The molecule has 1 saturated heterocycles. The first kappa shape index (κ1) is 14.2. The molecular formula is C16H21N3O2. The van der Waals surface area contributed by atoms with Gasteiger partial charge in [-0.3, -0.25) is 0 Å². The average molecular weight is 287 g/mol. The molecule has 0 aliphatic carbocycles. The summed E-state index contributed by atoms with van der Waals surface area (Å²) in [5.41, 5.74) is 1.13. The first-order valence-corrected chi connectivity index (χ1v) is 7.51. The molecule has 1 aliphatic heterocycles. The van der Waals surface area contributed by atoms with Gasteiger partial charge in [0.2, 0.25) is 11.8 Å². The van der Waals surface area contributed by atoms with Gasteiger partial charge in [0.15, 0.2) is 0 Å². The van der Waals surface area contributed by atoms with Crippen LogP contribution >= 0.6 is 0 Å². The van der Waals surface area contributed by atoms with Crippen molar-refractivity contribution in [1.29, 1.82) is 0 Å². The third-order valence-corrected chi connectivity index (χ3v) is 3.79. The standard InChI is InChI=1S/C16H21N3O2/c1-3-17-14(12-7-5-4-6-8-12)16-19-18-15(21-16)13-9-11(2)20-10-13/h4-8,11,13-14,17H,3,9-10H2,1-2H3. The number of rotatable bonds is 5. The molecule has 0 amide bonds. The van der Waals surface area contributed by atoms with E-state index in [1.165, 1.54) is 0 Å². The maximum atomic E-state index is 5.92. The van der Waals surface area contributed by atoms with E-state index < -0.39 is 0 Å². The van der Waals surface area contributed by atoms with E-state index in [4.69, 9.17) is 9.15 Å². The Bertz CT molecular complexity index is 570. The van der Waals surface area contributed by atoms with Gasteiger partial charge in [-0.15, -0.1) is 10.2 Å². The van der Waals surface area contributed by atoms with Crippen LogP contribution in [-0.2, 0) is 4.74 Å². The van der Waals surface area contributed by atoms with E-state index >= 15 is 0 Å². The number of aromatic nitrogens is 2. The Morgan fingerprint density at radius 3 is 2.76 bits per heavy atom. The average Bonchev–Trinajstić information content (AvgIpc) is 3.14. The van der Waals surface area contributed by atoms with Gasteiger partial charge < -0.3 is 14.5 Å². The van der Waals surface area contributed by atoms with E-state index in [0.29, 0.717) is 18.4 Å². The molecule has 5 nitrogen and oxygen atoms in total. The molecule has 1 aromatic heterocycles. The number of hydrogen-bond donors (Lipinski definition) is 1. The minimum Gasteiger partial charge on any atom is -0.423 e. The van der Waals surface area contributed by atoms with Crippen molar-refractivity contribution in [3.63, 3.8) is 0 Å². The second-order valence-corrected chi connectivity index (χ2v) is 5.46. The van der Waals surface area contributed by atoms with Crippen molar-refractivity contribution in [2.45, 2.75) is 38.3 Å². The van der Waals surface area contributed by atoms with Gasteiger partial charge in [0, 0.05) is 0 Å². The monoisotopic (exact) mass is 287 g/mol. The molecule has 3 rings (SSSR count). The van der Waals surface area contributed by atoms with E-state index in [-0.39, 0.29) is 18.1 Å². The lowest BCUT2D eigenvalue weighted by Gasteiger charge is -2.14. The Kier molecular flexibility index (Phi) is 4.31. The van der Waals surface area contributed by atoms with Crippen molar-refractivity contribution in [2.75, 3.05) is 13.2 Å². The summed E-state index contributed by atoms with van der Waals surface area (Å²) in [4.78, 5) is 0. The lowest BCUT2D eigenvalue weighted by Crippen LogP contribution is -2.22. The molecule has 3 atom stereocenters. The van der Waals surface area contributed by atoms with Crippen LogP contribution in [-0.4, -0.2) is 29.5 Å². The highest BCUT2D eigenvalue weighted by atomic mass is 16.5. The summed E-state index contributed by atoms with van der Waals surface area (Å²) in [7, 11) is 0. The van der Waals surface area contributed by atoms with Crippen LogP contribution in [0.5, 0.6) is 0 Å². The van der Waals surface area contributed by atoms with Crippen molar-refractivity contribution in [1.82, 2.24) is 15.5 Å². The van der Waals surface area contributed by atoms with E-state index in [9.17, 15) is 0 Å². The molecule has 0 saturated carbocycles. The molecule has 1 aliphatic rings. The lowest BCUT2D eigenvalue weighted by molar-refractivity contribution is 0.122. The Balaban J connectivity index is 1.82. The minimum atomic E-state index is -0.0582. The number of benzene rings is 1. The summed E-state index contributed by atoms with van der Waals surface area (Å²) < 4.78 is 11.5. The van der Waals surface area contributed by atoms with Gasteiger partial charge in [0.05, 0.1) is 18.6 Å². The highest BCUT2D eigenvalue weighted by Gasteiger charge is 2.29. The van der Waals surface area contributed by atoms with Gasteiger partial charge in [0.1, 0.15) is 6.04 Å². The van der Waals surface area contributed by atoms with Crippen LogP contribution in [0.2, 0.25) is 0 Å². The van der Waals surface area contributed by atoms with E-state index in [1.54, 1.807) is 0 Å². The van der Waals surface area contributed by atoms with Crippen LogP contribution in [0.4, 0.5) is 0 Å². The molecule has 1 N–H and O–H groups in total. The molecule has 112 valence electrons. The zero-order valence-corrected chi connectivity index (χ0v) is 12.5. The molecule has 0 radical (unpaired) electrons. The third-order valence-electron chi connectivity index (χ3n) is 3.79. The summed E-state index contributed by atoms with van der Waals surface area (Å²) in [6, 6.07) is 10.1. The maximum absolute atomic E-state index is 5.92. The lowest BCUT2D eigenvalue weighted by atomic mass is 10.1. The number of nitrogens with one attached hydrogen (secondary N) is 1. The van der Waals surface area contributed by atoms with Crippen molar-refractivity contribution < 1.29 is 9.15 Å². The Morgan fingerprint density at radius 2 is 2.10 bits per heavy atom. The first-order valence-electron chi connectivity index (χ1n) is 7.51. The number of nitrogens with zero attached hydrogens (tertiary/aromatic N) is 2. The summed E-state index contributed by atoms with van der Waals surface area (Å²) in [5, 5.41) is 11.9. The molecule has 2 aromatic rings. The molecule has 0 bridgehead atoms. The SMILES string of the molecule is CCNC(c1ccccc1)c1nnc(C2COC(C)C2)o1. The van der Waals surface area contributed by atoms with Crippen LogP contribution < -0.4 is 5.32 Å². The van der Waals surface area contributed by atoms with Crippen molar-refractivity contribution in [3.8, 4) is 0 Å². The molecular weight excluding hydrogens is 266 g/mol. The Morgan fingerprint density at radius 1 is 1.29 bits per heavy atom. The van der Waals surface area contributed by atoms with Gasteiger partial charge in [-0.2, -0.15) is 0 Å². The van der Waals surface area contributed by atoms with Crippen LogP contribution in [0, 0.1) is 0 Å². The fraction of sp³-hybridized carbons (Fsp3) is 0.500. The van der Waals surface area contributed by atoms with Crippen LogP contribution in [0.3, 0.4) is 0 Å². The largest absolute Gasteiger partial charge is 0.423 e.